The number of hydrogen-bond donors (Lipinski definition) is 2. The van der Waals surface area contributed by atoms with Gasteiger partial charge >= 0.3 is 0 Å². The fraction of sp³-hybridized carbons (Fsp3) is 0.300. The van der Waals surface area contributed by atoms with Crippen molar-refractivity contribution in [2.24, 2.45) is 0 Å². The van der Waals surface area contributed by atoms with Gasteiger partial charge < -0.3 is 10.4 Å². The van der Waals surface area contributed by atoms with Gasteiger partial charge in [0.25, 0.3) is 5.91 Å². The zero-order chi connectivity index (χ0) is 11.3. The Morgan fingerprint density at radius 1 is 1.53 bits per heavy atom. The molecule has 5 heteroatoms. The molecular formula is C10H11ClINO2. The average Bonchev–Trinajstić information content (AvgIpc) is 2.22. The number of carbonyl (C=O) groups is 1. The third-order valence-corrected chi connectivity index (χ3v) is 2.97. The van der Waals surface area contributed by atoms with Crippen molar-refractivity contribution in [2.75, 3.05) is 13.2 Å². The monoisotopic (exact) mass is 339 g/mol. The molecule has 82 valence electrons. The zero-order valence-electron chi connectivity index (χ0n) is 7.96. The van der Waals surface area contributed by atoms with Crippen molar-refractivity contribution in [2.45, 2.75) is 6.42 Å². The maximum absolute atomic E-state index is 11.6. The van der Waals surface area contributed by atoms with Crippen LogP contribution in [0.25, 0.3) is 0 Å². The van der Waals surface area contributed by atoms with E-state index in [1.165, 1.54) is 0 Å². The SMILES string of the molecule is O=C(NCCCO)c1cc(Cl)ccc1I. The van der Waals surface area contributed by atoms with Crippen LogP contribution in [-0.2, 0) is 0 Å². The molecule has 0 atom stereocenters. The van der Waals surface area contributed by atoms with Crippen LogP contribution in [0.2, 0.25) is 5.02 Å². The van der Waals surface area contributed by atoms with Gasteiger partial charge in [0.15, 0.2) is 0 Å². The van der Waals surface area contributed by atoms with E-state index in [0.717, 1.165) is 3.57 Å². The van der Waals surface area contributed by atoms with Gasteiger partial charge in [-0.2, -0.15) is 0 Å². The molecule has 0 aromatic heterocycles. The number of nitrogens with one attached hydrogen (secondary N) is 1. The van der Waals surface area contributed by atoms with Crippen molar-refractivity contribution in [3.05, 3.63) is 32.4 Å². The van der Waals surface area contributed by atoms with Crippen LogP contribution in [0.1, 0.15) is 16.8 Å². The molecular weight excluding hydrogens is 328 g/mol. The molecule has 0 aliphatic heterocycles. The summed E-state index contributed by atoms with van der Waals surface area (Å²) in [4.78, 5) is 11.6. The minimum atomic E-state index is -0.157. The van der Waals surface area contributed by atoms with Crippen LogP contribution in [-0.4, -0.2) is 24.2 Å². The number of amides is 1. The molecule has 3 nitrogen and oxygen atoms in total. The topological polar surface area (TPSA) is 49.3 Å². The Morgan fingerprint density at radius 2 is 2.27 bits per heavy atom. The summed E-state index contributed by atoms with van der Waals surface area (Å²) in [5.74, 6) is -0.157. The molecule has 1 amide bonds. The number of aliphatic hydroxyl groups is 1. The van der Waals surface area contributed by atoms with E-state index >= 15 is 0 Å². The summed E-state index contributed by atoms with van der Waals surface area (Å²) in [6, 6.07) is 5.18. The first-order valence-electron chi connectivity index (χ1n) is 4.49. The molecule has 0 saturated heterocycles. The van der Waals surface area contributed by atoms with Gasteiger partial charge in [-0.1, -0.05) is 11.6 Å². The van der Waals surface area contributed by atoms with Gasteiger partial charge in [0, 0.05) is 21.7 Å². The highest BCUT2D eigenvalue weighted by Gasteiger charge is 2.09. The molecule has 1 rings (SSSR count). The Bertz CT molecular complexity index is 357. The van der Waals surface area contributed by atoms with Crippen LogP contribution < -0.4 is 5.32 Å². The average molecular weight is 340 g/mol. The van der Waals surface area contributed by atoms with Gasteiger partial charge in [-0.15, -0.1) is 0 Å². The highest BCUT2D eigenvalue weighted by Crippen LogP contribution is 2.17. The van der Waals surface area contributed by atoms with E-state index < -0.39 is 0 Å². The van der Waals surface area contributed by atoms with E-state index in [1.807, 2.05) is 0 Å². The molecule has 0 spiro atoms. The lowest BCUT2D eigenvalue weighted by molar-refractivity contribution is 0.0950. The van der Waals surface area contributed by atoms with E-state index in [9.17, 15) is 4.79 Å². The molecule has 0 unspecified atom stereocenters. The van der Waals surface area contributed by atoms with Gasteiger partial charge in [-0.3, -0.25) is 4.79 Å². The third kappa shape index (κ3) is 3.96. The zero-order valence-corrected chi connectivity index (χ0v) is 10.9. The minimum absolute atomic E-state index is 0.0763. The maximum atomic E-state index is 11.6. The number of halogens is 2. The molecule has 0 fully saturated rings. The van der Waals surface area contributed by atoms with Crippen LogP contribution in [0.3, 0.4) is 0 Å². The Kier molecular flexibility index (Phi) is 5.35. The summed E-state index contributed by atoms with van der Waals surface area (Å²) in [5, 5.41) is 11.8. The largest absolute Gasteiger partial charge is 0.396 e. The van der Waals surface area contributed by atoms with Crippen LogP contribution in [0.5, 0.6) is 0 Å². The normalized spacial score (nSPS) is 10.1. The standard InChI is InChI=1S/C10H11ClINO2/c11-7-2-3-9(12)8(6-7)10(15)13-4-1-5-14/h2-3,6,14H,1,4-5H2,(H,13,15). The Labute approximate surface area is 107 Å². The summed E-state index contributed by atoms with van der Waals surface area (Å²) in [6.07, 6.45) is 0.558. The smallest absolute Gasteiger partial charge is 0.252 e. The number of hydrogen-bond acceptors (Lipinski definition) is 2. The quantitative estimate of drug-likeness (QED) is 0.652. The van der Waals surface area contributed by atoms with Gasteiger partial charge in [0.1, 0.15) is 0 Å². The van der Waals surface area contributed by atoms with E-state index in [2.05, 4.69) is 27.9 Å². The first-order chi connectivity index (χ1) is 7.15. The highest BCUT2D eigenvalue weighted by atomic mass is 127. The predicted octanol–water partition coefficient (Wildman–Crippen LogP) is 2.06. The van der Waals surface area contributed by atoms with Crippen LogP contribution >= 0.6 is 34.2 Å². The first kappa shape index (κ1) is 12.7. The summed E-state index contributed by atoms with van der Waals surface area (Å²) >= 11 is 7.88. The first-order valence-corrected chi connectivity index (χ1v) is 5.95. The summed E-state index contributed by atoms with van der Waals surface area (Å²) in [5.41, 5.74) is 0.570. The number of rotatable bonds is 4. The van der Waals surface area contributed by atoms with Crippen molar-refractivity contribution in [3.8, 4) is 0 Å². The van der Waals surface area contributed by atoms with Crippen LogP contribution in [0, 0.1) is 3.57 Å². The molecule has 0 bridgehead atoms. The number of carbonyl (C=O) groups excluding carboxylic acids is 1. The van der Waals surface area contributed by atoms with E-state index in [-0.39, 0.29) is 12.5 Å². The molecule has 2 N–H and O–H groups in total. The molecule has 0 radical (unpaired) electrons. The highest BCUT2D eigenvalue weighted by molar-refractivity contribution is 14.1. The van der Waals surface area contributed by atoms with E-state index in [1.54, 1.807) is 18.2 Å². The lowest BCUT2D eigenvalue weighted by Gasteiger charge is -2.06. The summed E-state index contributed by atoms with van der Waals surface area (Å²) < 4.78 is 0.860. The van der Waals surface area contributed by atoms with Gasteiger partial charge in [-0.05, 0) is 47.2 Å². The molecule has 0 heterocycles. The van der Waals surface area contributed by atoms with Crippen molar-refractivity contribution in [1.29, 1.82) is 0 Å². The molecule has 0 saturated carbocycles. The van der Waals surface area contributed by atoms with E-state index in [0.29, 0.717) is 23.6 Å². The Morgan fingerprint density at radius 3 is 2.93 bits per heavy atom. The van der Waals surface area contributed by atoms with Crippen molar-refractivity contribution in [3.63, 3.8) is 0 Å². The van der Waals surface area contributed by atoms with Gasteiger partial charge in [0.2, 0.25) is 0 Å². The lowest BCUT2D eigenvalue weighted by Crippen LogP contribution is -2.25. The molecule has 0 aliphatic rings. The van der Waals surface area contributed by atoms with E-state index in [4.69, 9.17) is 16.7 Å². The van der Waals surface area contributed by atoms with Crippen molar-refractivity contribution >= 4 is 40.1 Å². The number of benzene rings is 1. The number of aliphatic hydroxyl groups excluding tert-OH is 1. The van der Waals surface area contributed by atoms with Crippen molar-refractivity contribution < 1.29 is 9.90 Å². The third-order valence-electron chi connectivity index (χ3n) is 1.79. The van der Waals surface area contributed by atoms with Crippen molar-refractivity contribution in [1.82, 2.24) is 5.32 Å². The second kappa shape index (κ2) is 6.30. The van der Waals surface area contributed by atoms with Gasteiger partial charge in [0.05, 0.1) is 5.56 Å². The second-order valence-electron chi connectivity index (χ2n) is 2.96. The Hall–Kier alpha value is -0.330. The summed E-state index contributed by atoms with van der Waals surface area (Å²) in [7, 11) is 0. The van der Waals surface area contributed by atoms with Crippen LogP contribution in [0.4, 0.5) is 0 Å². The van der Waals surface area contributed by atoms with Crippen LogP contribution in [0.15, 0.2) is 18.2 Å². The molecule has 1 aromatic carbocycles. The second-order valence-corrected chi connectivity index (χ2v) is 4.56. The molecule has 0 aliphatic carbocycles. The summed E-state index contributed by atoms with van der Waals surface area (Å²) in [6.45, 7) is 0.546. The fourth-order valence-corrected chi connectivity index (χ4v) is 1.80. The van der Waals surface area contributed by atoms with Gasteiger partial charge in [-0.25, -0.2) is 0 Å². The predicted molar refractivity (Wildman–Crippen MR) is 68.2 cm³/mol. The Balaban J connectivity index is 2.68. The molecule has 1 aromatic rings. The lowest BCUT2D eigenvalue weighted by atomic mass is 10.2. The molecule has 15 heavy (non-hydrogen) atoms. The maximum Gasteiger partial charge on any atom is 0.252 e. The minimum Gasteiger partial charge on any atom is -0.396 e. The fourth-order valence-electron chi connectivity index (χ4n) is 1.05.